The minimum absolute atomic E-state index is 0.0540. The Morgan fingerprint density at radius 3 is 2.27 bits per heavy atom. The van der Waals surface area contributed by atoms with Crippen LogP contribution < -0.4 is 0 Å². The van der Waals surface area contributed by atoms with Gasteiger partial charge >= 0.3 is 11.9 Å². The third-order valence-corrected chi connectivity index (χ3v) is 10.4. The third kappa shape index (κ3) is 5.69. The van der Waals surface area contributed by atoms with Crippen molar-refractivity contribution in [2.24, 2.45) is 0 Å². The van der Waals surface area contributed by atoms with Crippen LogP contribution in [-0.4, -0.2) is 45.2 Å². The number of benzene rings is 1. The molecule has 0 radical (unpaired) electrons. The number of rotatable bonds is 8. The van der Waals surface area contributed by atoms with Crippen molar-refractivity contribution in [3.63, 3.8) is 0 Å². The van der Waals surface area contributed by atoms with Gasteiger partial charge in [0.1, 0.15) is 6.10 Å². The minimum Gasteiger partial charge on any atom is -0.469 e. The van der Waals surface area contributed by atoms with Crippen LogP contribution in [0, 0.1) is 0 Å². The Morgan fingerprint density at radius 2 is 1.73 bits per heavy atom. The van der Waals surface area contributed by atoms with Crippen molar-refractivity contribution in [3.8, 4) is 0 Å². The number of esters is 2. The first-order chi connectivity index (χ1) is 13.9. The van der Waals surface area contributed by atoms with E-state index in [1.54, 1.807) is 0 Å². The van der Waals surface area contributed by atoms with Gasteiger partial charge in [-0.3, -0.25) is 14.4 Å². The lowest BCUT2D eigenvalue weighted by Gasteiger charge is -2.43. The quantitative estimate of drug-likeness (QED) is 0.436. The second-order valence-corrected chi connectivity index (χ2v) is 14.1. The number of hydrogen-bond donors (Lipinski definition) is 0. The summed E-state index contributed by atoms with van der Waals surface area (Å²) in [5, 5.41) is 1.45. The molecule has 1 aromatic rings. The number of hydroxylamine groups is 2. The van der Waals surface area contributed by atoms with Crippen LogP contribution in [0.15, 0.2) is 30.3 Å². The highest BCUT2D eigenvalue weighted by molar-refractivity contribution is 6.74. The van der Waals surface area contributed by atoms with Gasteiger partial charge in [0.25, 0.3) is 0 Å². The normalized spacial score (nSPS) is 22.7. The third-order valence-electron chi connectivity index (χ3n) is 6.19. The van der Waals surface area contributed by atoms with Crippen molar-refractivity contribution >= 4 is 20.3 Å². The average Bonchev–Trinajstić information content (AvgIpc) is 3.03. The first-order valence-corrected chi connectivity index (χ1v) is 13.2. The van der Waals surface area contributed by atoms with Gasteiger partial charge in [-0.2, -0.15) is 0 Å². The van der Waals surface area contributed by atoms with Gasteiger partial charge in [-0.1, -0.05) is 56.3 Å². The molecule has 168 valence electrons. The van der Waals surface area contributed by atoms with E-state index in [0.717, 1.165) is 5.56 Å². The predicted molar refractivity (Wildman–Crippen MR) is 116 cm³/mol. The fourth-order valence-corrected chi connectivity index (χ4v) is 4.11. The van der Waals surface area contributed by atoms with Gasteiger partial charge in [-0.25, -0.2) is 0 Å². The highest BCUT2D eigenvalue weighted by Gasteiger charge is 2.53. The van der Waals surface area contributed by atoms with Crippen molar-refractivity contribution in [1.82, 2.24) is 5.23 Å². The Morgan fingerprint density at radius 1 is 1.13 bits per heavy atom. The number of ether oxygens (including phenoxy) is 2. The highest BCUT2D eigenvalue weighted by Crippen LogP contribution is 2.48. The number of nitrogens with zero attached hydrogens (tertiary/aromatic N) is 1. The molecule has 1 aromatic carbocycles. The smallest absolute Gasteiger partial charge is 0.307 e. The maximum Gasteiger partial charge on any atom is 0.307 e. The van der Waals surface area contributed by atoms with E-state index in [1.807, 2.05) is 30.3 Å². The molecule has 1 aliphatic heterocycles. The van der Waals surface area contributed by atoms with E-state index in [9.17, 15) is 9.59 Å². The number of carbonyl (C=O) groups excluding carboxylic acids is 2. The van der Waals surface area contributed by atoms with E-state index < -0.39 is 13.9 Å². The molecule has 2 atom stereocenters. The lowest BCUT2D eigenvalue weighted by Crippen LogP contribution is -2.53. The van der Waals surface area contributed by atoms with Crippen LogP contribution in [0.3, 0.4) is 0 Å². The molecule has 0 amide bonds. The Bertz CT molecular complexity index is 733. The van der Waals surface area contributed by atoms with Crippen molar-refractivity contribution in [3.05, 3.63) is 35.9 Å². The van der Waals surface area contributed by atoms with Crippen LogP contribution in [0.4, 0.5) is 0 Å². The molecular weight excluding hydrogens is 402 g/mol. The molecule has 7 nitrogen and oxygen atoms in total. The summed E-state index contributed by atoms with van der Waals surface area (Å²) in [6, 6.07) is 9.83. The van der Waals surface area contributed by atoms with Crippen molar-refractivity contribution in [2.45, 2.75) is 76.2 Å². The van der Waals surface area contributed by atoms with Crippen LogP contribution >= 0.6 is 0 Å². The van der Waals surface area contributed by atoms with Crippen LogP contribution in [0.25, 0.3) is 0 Å². The van der Waals surface area contributed by atoms with E-state index in [4.69, 9.17) is 18.8 Å². The predicted octanol–water partition coefficient (Wildman–Crippen LogP) is 4.56. The van der Waals surface area contributed by atoms with Gasteiger partial charge in [-0.05, 0) is 30.1 Å². The fourth-order valence-electron chi connectivity index (χ4n) is 3.19. The molecule has 0 bridgehead atoms. The maximum atomic E-state index is 12.4. The van der Waals surface area contributed by atoms with E-state index in [2.05, 4.69) is 33.9 Å². The Kier molecular flexibility index (Phi) is 7.84. The van der Waals surface area contributed by atoms with Crippen molar-refractivity contribution in [1.29, 1.82) is 0 Å². The SMILES string of the molecule is COC(=O)CC[C@@]1(CC(=O)OC)C[C@H](c2ccccc2)ON1O[Si](C)(C)C(C)(C)C. The molecular formula is C22H35NO6Si. The van der Waals surface area contributed by atoms with Gasteiger partial charge in [0, 0.05) is 12.8 Å². The fraction of sp³-hybridized carbons (Fsp3) is 0.636. The maximum absolute atomic E-state index is 12.4. The second kappa shape index (κ2) is 9.59. The summed E-state index contributed by atoms with van der Waals surface area (Å²) in [5.74, 6) is -0.712. The molecule has 1 aliphatic rings. The Balaban J connectivity index is 2.43. The second-order valence-electron chi connectivity index (χ2n) is 9.37. The van der Waals surface area contributed by atoms with E-state index in [1.165, 1.54) is 19.4 Å². The van der Waals surface area contributed by atoms with Crippen LogP contribution in [0.5, 0.6) is 0 Å². The molecule has 0 N–H and O–H groups in total. The summed E-state index contributed by atoms with van der Waals surface area (Å²) in [6.45, 7) is 10.7. The molecule has 0 saturated carbocycles. The van der Waals surface area contributed by atoms with E-state index >= 15 is 0 Å². The van der Waals surface area contributed by atoms with Gasteiger partial charge in [0.15, 0.2) is 0 Å². The zero-order valence-electron chi connectivity index (χ0n) is 19.2. The van der Waals surface area contributed by atoms with Gasteiger partial charge in [0.2, 0.25) is 8.32 Å². The summed E-state index contributed by atoms with van der Waals surface area (Å²) >= 11 is 0. The summed E-state index contributed by atoms with van der Waals surface area (Å²) in [7, 11) is 0.437. The molecule has 2 rings (SSSR count). The molecule has 1 saturated heterocycles. The summed E-state index contributed by atoms with van der Waals surface area (Å²) < 4.78 is 16.3. The van der Waals surface area contributed by atoms with Crippen LogP contribution in [0.2, 0.25) is 18.1 Å². The van der Waals surface area contributed by atoms with Gasteiger partial charge in [0.05, 0.1) is 26.2 Å². The molecule has 8 heteroatoms. The van der Waals surface area contributed by atoms with E-state index in [0.29, 0.717) is 12.8 Å². The Labute approximate surface area is 180 Å². The lowest BCUT2D eigenvalue weighted by molar-refractivity contribution is -0.353. The average molecular weight is 438 g/mol. The molecule has 1 fully saturated rings. The monoisotopic (exact) mass is 437 g/mol. The van der Waals surface area contributed by atoms with Crippen molar-refractivity contribution in [2.75, 3.05) is 14.2 Å². The highest BCUT2D eigenvalue weighted by atomic mass is 28.4. The van der Waals surface area contributed by atoms with Crippen LogP contribution in [-0.2, 0) is 28.4 Å². The molecule has 30 heavy (non-hydrogen) atoms. The summed E-state index contributed by atoms with van der Waals surface area (Å²) in [6.07, 6.45) is 0.761. The largest absolute Gasteiger partial charge is 0.469 e. The van der Waals surface area contributed by atoms with E-state index in [-0.39, 0.29) is 35.9 Å². The lowest BCUT2D eigenvalue weighted by atomic mass is 9.84. The minimum atomic E-state index is -2.28. The molecule has 0 spiro atoms. The summed E-state index contributed by atoms with van der Waals surface area (Å²) in [5.41, 5.74) is 0.156. The van der Waals surface area contributed by atoms with Gasteiger partial charge in [-0.15, -0.1) is 0 Å². The molecule has 0 unspecified atom stereocenters. The topological polar surface area (TPSA) is 74.3 Å². The Hall–Kier alpha value is -1.74. The standard InChI is InChI=1S/C22H35NO6Si/c1-21(2,3)30(6,7)29-23-22(16-20(25)27-5,14-13-19(24)26-4)15-18(28-23)17-11-9-8-10-12-17/h8-12,18H,13-16H2,1-7H3/t18-,22+/m1/s1. The zero-order chi connectivity index (χ0) is 22.6. The molecule has 0 aromatic heterocycles. The first kappa shape index (κ1) is 24.5. The number of carbonyl (C=O) groups is 2. The zero-order valence-corrected chi connectivity index (χ0v) is 20.2. The number of methoxy groups -OCH3 is 2. The first-order valence-electron chi connectivity index (χ1n) is 10.3. The molecule has 1 heterocycles. The van der Waals surface area contributed by atoms with Crippen LogP contribution in [0.1, 0.15) is 58.1 Å². The summed E-state index contributed by atoms with van der Waals surface area (Å²) in [4.78, 5) is 30.6. The van der Waals surface area contributed by atoms with Gasteiger partial charge < -0.3 is 14.0 Å². The molecule has 0 aliphatic carbocycles. The van der Waals surface area contributed by atoms with Crippen molar-refractivity contribution < 1.29 is 28.4 Å². The number of hydrogen-bond acceptors (Lipinski definition) is 7.